The number of aliphatic hydroxyl groups excluding tert-OH is 1. The zero-order valence-electron chi connectivity index (χ0n) is 19.4. The molecule has 0 saturated heterocycles. The van der Waals surface area contributed by atoms with Crippen LogP contribution in [0.4, 0.5) is 13.2 Å². The normalized spacial score (nSPS) is 39.8. The van der Waals surface area contributed by atoms with Crippen molar-refractivity contribution >= 4 is 11.9 Å². The van der Waals surface area contributed by atoms with Crippen LogP contribution in [-0.4, -0.2) is 23.1 Å². The molecule has 0 unspecified atom stereocenters. The molecule has 6 heteroatoms. The van der Waals surface area contributed by atoms with Crippen molar-refractivity contribution in [1.29, 1.82) is 0 Å². The molecule has 0 aliphatic heterocycles. The highest BCUT2D eigenvalue weighted by Crippen LogP contribution is 2.64. The molecule has 5 rings (SSSR count). The smallest absolute Gasteiger partial charge is 0.393 e. The molecule has 3 fully saturated rings. The maximum absolute atomic E-state index is 13.3. The molecule has 0 spiro atoms. The molecule has 6 atom stereocenters. The summed E-state index contributed by atoms with van der Waals surface area (Å²) in [6, 6.07) is 5.50. The third kappa shape index (κ3) is 3.78. The molecule has 0 heterocycles. The van der Waals surface area contributed by atoms with Crippen LogP contribution in [0.15, 0.2) is 46.1 Å². The first-order chi connectivity index (χ1) is 15.6. The van der Waals surface area contributed by atoms with Crippen molar-refractivity contribution in [3.05, 3.63) is 47.0 Å². The van der Waals surface area contributed by atoms with E-state index >= 15 is 0 Å². The van der Waals surface area contributed by atoms with Gasteiger partial charge in [-0.3, -0.25) is 0 Å². The van der Waals surface area contributed by atoms with Crippen molar-refractivity contribution in [1.82, 2.24) is 0 Å². The van der Waals surface area contributed by atoms with Crippen LogP contribution in [-0.2, 0) is 6.18 Å². The number of fused-ring (bicyclic) bond motifs is 5. The van der Waals surface area contributed by atoms with E-state index < -0.39 is 11.7 Å². The van der Waals surface area contributed by atoms with Gasteiger partial charge in [0.1, 0.15) is 0 Å². The Morgan fingerprint density at radius 2 is 1.76 bits per heavy atom. The van der Waals surface area contributed by atoms with Gasteiger partial charge in [-0.15, -0.1) is 0 Å². The van der Waals surface area contributed by atoms with E-state index in [0.717, 1.165) is 63.1 Å². The summed E-state index contributed by atoms with van der Waals surface area (Å²) in [5.74, 6) is 1.79. The maximum Gasteiger partial charge on any atom is 0.417 e. The van der Waals surface area contributed by atoms with Crippen molar-refractivity contribution < 1.29 is 18.3 Å². The van der Waals surface area contributed by atoms with E-state index in [4.69, 9.17) is 0 Å². The second-order valence-electron chi connectivity index (χ2n) is 11.0. The number of allylic oxidation sites excluding steroid dienone is 1. The number of halogens is 3. The molecule has 33 heavy (non-hydrogen) atoms. The minimum atomic E-state index is -4.41. The van der Waals surface area contributed by atoms with Gasteiger partial charge in [-0.2, -0.15) is 23.4 Å². The van der Waals surface area contributed by atoms with E-state index in [0.29, 0.717) is 17.8 Å². The number of aliphatic hydroxyl groups is 1. The highest BCUT2D eigenvalue weighted by Gasteiger charge is 2.57. The van der Waals surface area contributed by atoms with Gasteiger partial charge in [-0.25, -0.2) is 0 Å². The minimum absolute atomic E-state index is 0.0298. The average molecular weight is 459 g/mol. The summed E-state index contributed by atoms with van der Waals surface area (Å²) >= 11 is 0. The van der Waals surface area contributed by atoms with Crippen LogP contribution >= 0.6 is 0 Å². The summed E-state index contributed by atoms with van der Waals surface area (Å²) in [4.78, 5) is 0. The van der Waals surface area contributed by atoms with Crippen LogP contribution in [0, 0.1) is 28.6 Å². The van der Waals surface area contributed by atoms with Crippen LogP contribution in [0.5, 0.6) is 0 Å². The molecule has 1 aromatic rings. The lowest BCUT2D eigenvalue weighted by Gasteiger charge is -2.57. The first-order valence-corrected chi connectivity index (χ1v) is 12.3. The second-order valence-corrected chi connectivity index (χ2v) is 11.0. The number of benzene rings is 1. The van der Waals surface area contributed by atoms with Gasteiger partial charge in [-0.05, 0) is 80.6 Å². The van der Waals surface area contributed by atoms with Crippen molar-refractivity contribution in [2.24, 2.45) is 38.8 Å². The van der Waals surface area contributed by atoms with Crippen LogP contribution in [0.3, 0.4) is 0 Å². The second kappa shape index (κ2) is 8.07. The number of alkyl halides is 3. The summed E-state index contributed by atoms with van der Waals surface area (Å²) in [5.41, 5.74) is 2.05. The fourth-order valence-corrected chi connectivity index (χ4v) is 7.62. The van der Waals surface area contributed by atoms with Gasteiger partial charge in [0.05, 0.1) is 17.9 Å². The van der Waals surface area contributed by atoms with Gasteiger partial charge < -0.3 is 5.11 Å². The molecule has 3 saturated carbocycles. The van der Waals surface area contributed by atoms with Gasteiger partial charge in [0.2, 0.25) is 0 Å². The predicted octanol–water partition coefficient (Wildman–Crippen LogP) is 6.80. The van der Waals surface area contributed by atoms with E-state index in [1.807, 2.05) is 0 Å². The van der Waals surface area contributed by atoms with Crippen molar-refractivity contribution in [3.63, 3.8) is 0 Å². The van der Waals surface area contributed by atoms with Gasteiger partial charge in [0.15, 0.2) is 0 Å². The van der Waals surface area contributed by atoms with Gasteiger partial charge >= 0.3 is 6.18 Å². The number of rotatable bonds is 2. The third-order valence-corrected chi connectivity index (χ3v) is 9.46. The fraction of sp³-hybridized carbons (Fsp3) is 0.630. The van der Waals surface area contributed by atoms with Crippen LogP contribution in [0.1, 0.15) is 76.3 Å². The molecule has 178 valence electrons. The Morgan fingerprint density at radius 1 is 1.03 bits per heavy atom. The lowest BCUT2D eigenvalue weighted by Crippen LogP contribution is -2.50. The molecule has 0 radical (unpaired) electrons. The fourth-order valence-electron chi connectivity index (χ4n) is 7.62. The molecular formula is C27H33F3N2O. The Kier molecular flexibility index (Phi) is 5.58. The number of nitrogens with zero attached hydrogens (tertiary/aromatic N) is 2. The number of hydrogen-bond donors (Lipinski definition) is 1. The van der Waals surface area contributed by atoms with Crippen molar-refractivity contribution in [3.8, 4) is 0 Å². The molecule has 1 aromatic carbocycles. The Balaban J connectivity index is 1.38. The Bertz CT molecular complexity index is 1010. The predicted molar refractivity (Wildman–Crippen MR) is 124 cm³/mol. The van der Waals surface area contributed by atoms with E-state index in [1.54, 1.807) is 6.07 Å². The molecule has 0 bridgehead atoms. The molecule has 0 aromatic heterocycles. The molecular weight excluding hydrogens is 425 g/mol. The van der Waals surface area contributed by atoms with E-state index in [2.05, 4.69) is 30.1 Å². The zero-order valence-corrected chi connectivity index (χ0v) is 19.4. The van der Waals surface area contributed by atoms with Crippen LogP contribution < -0.4 is 0 Å². The number of hydrogen-bond acceptors (Lipinski definition) is 3. The first-order valence-electron chi connectivity index (χ1n) is 12.3. The topological polar surface area (TPSA) is 45.0 Å². The minimum Gasteiger partial charge on any atom is -0.393 e. The molecule has 3 nitrogen and oxygen atoms in total. The zero-order chi connectivity index (χ0) is 23.4. The Morgan fingerprint density at radius 3 is 2.55 bits per heavy atom. The molecule has 4 aliphatic rings. The maximum atomic E-state index is 13.3. The Hall–Kier alpha value is -1.95. The summed E-state index contributed by atoms with van der Waals surface area (Å²) in [6.45, 7) is 4.71. The van der Waals surface area contributed by atoms with E-state index in [-0.39, 0.29) is 22.5 Å². The Labute approximate surface area is 193 Å². The largest absolute Gasteiger partial charge is 0.417 e. The molecule has 0 amide bonds. The summed E-state index contributed by atoms with van der Waals surface area (Å²) < 4.78 is 39.8. The summed E-state index contributed by atoms with van der Waals surface area (Å²) in [7, 11) is 0. The van der Waals surface area contributed by atoms with Crippen LogP contribution in [0.25, 0.3) is 0 Å². The SMILES string of the molecule is C[C@]12CC[C@H](O)CC1=CC[C@H]1[C@H]2CC[C@]2(C)/C(=N\N=C/c3ccccc3C(F)(F)F)CC[C@H]12. The summed E-state index contributed by atoms with van der Waals surface area (Å²) in [5, 5.41) is 18.8. The van der Waals surface area contributed by atoms with Gasteiger partial charge in [0, 0.05) is 16.7 Å². The lowest BCUT2D eigenvalue weighted by atomic mass is 9.48. The van der Waals surface area contributed by atoms with Gasteiger partial charge in [0.25, 0.3) is 0 Å². The third-order valence-electron chi connectivity index (χ3n) is 9.46. The molecule has 1 N–H and O–H groups in total. The summed E-state index contributed by atoms with van der Waals surface area (Å²) in [6.07, 6.45) is 7.05. The lowest BCUT2D eigenvalue weighted by molar-refractivity contribution is -0.137. The quantitative estimate of drug-likeness (QED) is 0.296. The highest BCUT2D eigenvalue weighted by molar-refractivity contribution is 5.93. The first kappa shape index (κ1) is 22.8. The van der Waals surface area contributed by atoms with Gasteiger partial charge in [-0.1, -0.05) is 43.7 Å². The van der Waals surface area contributed by atoms with E-state index in [9.17, 15) is 18.3 Å². The van der Waals surface area contributed by atoms with E-state index in [1.165, 1.54) is 23.9 Å². The van der Waals surface area contributed by atoms with Crippen molar-refractivity contribution in [2.75, 3.05) is 0 Å². The highest BCUT2D eigenvalue weighted by atomic mass is 19.4. The van der Waals surface area contributed by atoms with Crippen LogP contribution in [0.2, 0.25) is 0 Å². The average Bonchev–Trinajstić information content (AvgIpc) is 3.10. The molecule has 4 aliphatic carbocycles. The van der Waals surface area contributed by atoms with Crippen molar-refractivity contribution in [2.45, 2.75) is 77.5 Å². The monoisotopic (exact) mass is 458 g/mol. The standard InChI is InChI=1S/C27H33F3N2O/c1-25-13-11-19(33)15-18(25)7-8-20-22-9-10-24(26(22,2)14-12-23(20)25)32-31-16-17-5-3-4-6-21(17)27(28,29)30/h3-7,16,19-20,22-23,33H,8-15H2,1-2H3/b31-16-,32-24-/t19-,20+,22+,23+,25-,26-/m0/s1.